The van der Waals surface area contributed by atoms with Crippen LogP contribution in [0.25, 0.3) is 0 Å². The van der Waals surface area contributed by atoms with Crippen LogP contribution >= 0.6 is 0 Å². The van der Waals surface area contributed by atoms with E-state index < -0.39 is 0 Å². The van der Waals surface area contributed by atoms with Crippen LogP contribution in [0.1, 0.15) is 13.3 Å². The molecule has 4 N–H and O–H groups in total. The molecule has 0 bridgehead atoms. The van der Waals surface area contributed by atoms with Crippen molar-refractivity contribution in [2.45, 2.75) is 13.3 Å². The van der Waals surface area contributed by atoms with E-state index in [4.69, 9.17) is 10.5 Å². The van der Waals surface area contributed by atoms with Crippen LogP contribution in [0, 0.1) is 0 Å². The largest absolute Gasteiger partial charge is 0.497 e. The molecule has 1 aromatic carbocycles. The molecule has 0 unspecified atom stereocenters. The number of ether oxygens (including phenoxy) is 1. The van der Waals surface area contributed by atoms with Crippen LogP contribution in [0.15, 0.2) is 18.2 Å². The van der Waals surface area contributed by atoms with Gasteiger partial charge in [0.15, 0.2) is 0 Å². The minimum Gasteiger partial charge on any atom is -0.497 e. The fraction of sp³-hybridized carbons (Fsp3) is 0.417. The quantitative estimate of drug-likeness (QED) is 0.650. The number of anilines is 2. The Morgan fingerprint density at radius 3 is 2.82 bits per heavy atom. The number of hydrogen-bond donors (Lipinski definition) is 3. The molecule has 0 aliphatic rings. The van der Waals surface area contributed by atoms with Gasteiger partial charge in [-0.25, -0.2) is 0 Å². The van der Waals surface area contributed by atoms with E-state index in [0.29, 0.717) is 25.2 Å². The molecule has 5 nitrogen and oxygen atoms in total. The molecule has 0 atom stereocenters. The Bertz CT molecular complexity index is 380. The minimum atomic E-state index is 0.0343. The average molecular weight is 237 g/mol. The van der Waals surface area contributed by atoms with Crippen LogP contribution < -0.4 is 21.1 Å². The molecule has 1 aromatic rings. The number of rotatable bonds is 6. The van der Waals surface area contributed by atoms with Gasteiger partial charge in [0, 0.05) is 25.6 Å². The number of nitrogen functional groups attached to an aromatic ring is 1. The predicted molar refractivity (Wildman–Crippen MR) is 69.2 cm³/mol. The standard InChI is InChI=1S/C12H19N3O2/c1-3-14-12(16)6-7-15-11-5-4-9(17-2)8-10(11)13/h4-5,8,15H,3,6-7,13H2,1-2H3,(H,14,16). The van der Waals surface area contributed by atoms with Crippen LogP contribution in [0.3, 0.4) is 0 Å². The highest BCUT2D eigenvalue weighted by Crippen LogP contribution is 2.23. The molecule has 17 heavy (non-hydrogen) atoms. The Morgan fingerprint density at radius 2 is 2.24 bits per heavy atom. The number of nitrogens with one attached hydrogen (secondary N) is 2. The summed E-state index contributed by atoms with van der Waals surface area (Å²) in [6.45, 7) is 3.11. The summed E-state index contributed by atoms with van der Waals surface area (Å²) in [6, 6.07) is 5.41. The lowest BCUT2D eigenvalue weighted by atomic mass is 10.2. The number of nitrogens with two attached hydrogens (primary N) is 1. The van der Waals surface area contributed by atoms with Gasteiger partial charge in [-0.2, -0.15) is 0 Å². The van der Waals surface area contributed by atoms with Gasteiger partial charge in [-0.15, -0.1) is 0 Å². The third kappa shape index (κ3) is 4.22. The van der Waals surface area contributed by atoms with Crippen LogP contribution in [0.2, 0.25) is 0 Å². The molecule has 0 saturated heterocycles. The maximum absolute atomic E-state index is 11.2. The van der Waals surface area contributed by atoms with Gasteiger partial charge in [0.2, 0.25) is 5.91 Å². The van der Waals surface area contributed by atoms with Crippen molar-refractivity contribution < 1.29 is 9.53 Å². The number of carbonyl (C=O) groups is 1. The van der Waals surface area contributed by atoms with Gasteiger partial charge >= 0.3 is 0 Å². The van der Waals surface area contributed by atoms with Crippen molar-refractivity contribution in [3.05, 3.63) is 18.2 Å². The highest BCUT2D eigenvalue weighted by Gasteiger charge is 2.02. The molecule has 5 heteroatoms. The molecule has 0 spiro atoms. The number of amides is 1. The van der Waals surface area contributed by atoms with Crippen molar-refractivity contribution in [2.75, 3.05) is 31.2 Å². The lowest BCUT2D eigenvalue weighted by Gasteiger charge is -2.10. The second-order valence-corrected chi connectivity index (χ2v) is 3.58. The van der Waals surface area contributed by atoms with Crippen molar-refractivity contribution >= 4 is 17.3 Å². The monoisotopic (exact) mass is 237 g/mol. The Kier molecular flexibility index (Phi) is 5.13. The number of hydrogen-bond acceptors (Lipinski definition) is 4. The van der Waals surface area contributed by atoms with E-state index in [9.17, 15) is 4.79 Å². The summed E-state index contributed by atoms with van der Waals surface area (Å²) in [5.74, 6) is 0.754. The molecule has 0 aromatic heterocycles. The van der Waals surface area contributed by atoms with Gasteiger partial charge in [-0.1, -0.05) is 0 Å². The van der Waals surface area contributed by atoms with E-state index in [2.05, 4.69) is 10.6 Å². The Balaban J connectivity index is 2.44. The number of methoxy groups -OCH3 is 1. The van der Waals surface area contributed by atoms with Gasteiger partial charge in [-0.3, -0.25) is 4.79 Å². The molecule has 0 radical (unpaired) electrons. The maximum Gasteiger partial charge on any atom is 0.221 e. The lowest BCUT2D eigenvalue weighted by Crippen LogP contribution is -2.24. The first-order valence-electron chi connectivity index (χ1n) is 5.61. The van der Waals surface area contributed by atoms with E-state index in [1.165, 1.54) is 0 Å². The minimum absolute atomic E-state index is 0.0343. The SMILES string of the molecule is CCNC(=O)CCNc1ccc(OC)cc1N. The number of benzene rings is 1. The van der Waals surface area contributed by atoms with Gasteiger partial charge < -0.3 is 21.1 Å². The molecule has 0 saturated carbocycles. The first-order chi connectivity index (χ1) is 8.17. The maximum atomic E-state index is 11.2. The first-order valence-corrected chi connectivity index (χ1v) is 5.61. The van der Waals surface area contributed by atoms with E-state index >= 15 is 0 Å². The summed E-state index contributed by atoms with van der Waals surface area (Å²) in [7, 11) is 1.59. The molecule has 0 heterocycles. The zero-order valence-corrected chi connectivity index (χ0v) is 10.2. The molecule has 1 amide bonds. The van der Waals surface area contributed by atoms with E-state index in [1.807, 2.05) is 19.1 Å². The summed E-state index contributed by atoms with van der Waals surface area (Å²) < 4.78 is 5.05. The van der Waals surface area contributed by atoms with Crippen LogP contribution in [0.5, 0.6) is 5.75 Å². The summed E-state index contributed by atoms with van der Waals surface area (Å²) >= 11 is 0. The smallest absolute Gasteiger partial charge is 0.221 e. The van der Waals surface area contributed by atoms with Crippen LogP contribution in [-0.4, -0.2) is 26.1 Å². The fourth-order valence-electron chi connectivity index (χ4n) is 1.43. The summed E-state index contributed by atoms with van der Waals surface area (Å²) in [4.78, 5) is 11.2. The normalized spacial score (nSPS) is 9.76. The Hall–Kier alpha value is -1.91. The van der Waals surface area contributed by atoms with E-state index in [0.717, 1.165) is 11.4 Å². The zero-order chi connectivity index (χ0) is 12.7. The van der Waals surface area contributed by atoms with Crippen molar-refractivity contribution in [1.82, 2.24) is 5.32 Å². The highest BCUT2D eigenvalue weighted by atomic mass is 16.5. The number of carbonyl (C=O) groups excluding carboxylic acids is 1. The fourth-order valence-corrected chi connectivity index (χ4v) is 1.43. The second-order valence-electron chi connectivity index (χ2n) is 3.58. The predicted octanol–water partition coefficient (Wildman–Crippen LogP) is 1.22. The van der Waals surface area contributed by atoms with Gasteiger partial charge in [0.1, 0.15) is 5.75 Å². The zero-order valence-electron chi connectivity index (χ0n) is 10.2. The lowest BCUT2D eigenvalue weighted by molar-refractivity contribution is -0.120. The third-order valence-electron chi connectivity index (χ3n) is 2.30. The summed E-state index contributed by atoms with van der Waals surface area (Å²) in [6.07, 6.45) is 0.430. The molecule has 1 rings (SSSR count). The molecule has 0 aliphatic heterocycles. The Morgan fingerprint density at radius 1 is 1.47 bits per heavy atom. The topological polar surface area (TPSA) is 76.4 Å². The third-order valence-corrected chi connectivity index (χ3v) is 2.30. The molecule has 94 valence electrons. The van der Waals surface area contributed by atoms with Crippen molar-refractivity contribution in [1.29, 1.82) is 0 Å². The highest BCUT2D eigenvalue weighted by molar-refractivity contribution is 5.76. The van der Waals surface area contributed by atoms with Gasteiger partial charge in [0.05, 0.1) is 18.5 Å². The average Bonchev–Trinajstić information content (AvgIpc) is 2.31. The van der Waals surface area contributed by atoms with Crippen LogP contribution in [-0.2, 0) is 4.79 Å². The van der Waals surface area contributed by atoms with Crippen LogP contribution in [0.4, 0.5) is 11.4 Å². The molecular formula is C12H19N3O2. The molecule has 0 fully saturated rings. The van der Waals surface area contributed by atoms with Crippen molar-refractivity contribution in [3.63, 3.8) is 0 Å². The molecular weight excluding hydrogens is 218 g/mol. The van der Waals surface area contributed by atoms with Crippen molar-refractivity contribution in [3.8, 4) is 5.75 Å². The van der Waals surface area contributed by atoms with Crippen molar-refractivity contribution in [2.24, 2.45) is 0 Å². The second kappa shape index (κ2) is 6.62. The summed E-state index contributed by atoms with van der Waals surface area (Å²) in [5, 5.41) is 5.85. The van der Waals surface area contributed by atoms with Gasteiger partial charge in [-0.05, 0) is 19.1 Å². The first kappa shape index (κ1) is 13.2. The Labute approximate surface area is 101 Å². The van der Waals surface area contributed by atoms with E-state index in [-0.39, 0.29) is 5.91 Å². The molecule has 0 aliphatic carbocycles. The van der Waals surface area contributed by atoms with Gasteiger partial charge in [0.25, 0.3) is 0 Å². The van der Waals surface area contributed by atoms with E-state index in [1.54, 1.807) is 13.2 Å². The summed E-state index contributed by atoms with van der Waals surface area (Å²) in [5.41, 5.74) is 7.26.